The summed E-state index contributed by atoms with van der Waals surface area (Å²) in [5, 5.41) is 6.14. The molecule has 0 aromatic heterocycles. The zero-order valence-electron chi connectivity index (χ0n) is 14.5. The van der Waals surface area contributed by atoms with Crippen LogP contribution in [-0.2, 0) is 14.3 Å². The molecule has 0 heterocycles. The highest BCUT2D eigenvalue weighted by Crippen LogP contribution is 2.23. The van der Waals surface area contributed by atoms with Crippen molar-refractivity contribution < 1.29 is 19.1 Å². The molecule has 2 N–H and O–H groups in total. The lowest BCUT2D eigenvalue weighted by Crippen LogP contribution is -2.16. The first kappa shape index (κ1) is 20.8. The molecule has 0 saturated carbocycles. The quantitative estimate of drug-likeness (QED) is 0.507. The first-order valence-corrected chi connectivity index (χ1v) is 8.70. The fourth-order valence-corrected chi connectivity index (χ4v) is 2.32. The molecule has 2 aromatic rings. The molecule has 0 unspecified atom stereocenters. The molecule has 2 aromatic carbocycles. The maximum atomic E-state index is 12.1. The predicted octanol–water partition coefficient (Wildman–Crippen LogP) is 4.84. The van der Waals surface area contributed by atoms with E-state index in [0.29, 0.717) is 28.0 Å². The van der Waals surface area contributed by atoms with E-state index >= 15 is 0 Å². The number of carbonyl (C=O) groups excluding carboxylic acids is 2. The number of ether oxygens (including phenoxy) is 2. The molecule has 0 bridgehead atoms. The van der Waals surface area contributed by atoms with Crippen LogP contribution in [0.3, 0.4) is 0 Å². The average molecular weight is 409 g/mol. The van der Waals surface area contributed by atoms with Crippen molar-refractivity contribution in [2.75, 3.05) is 31.0 Å². The van der Waals surface area contributed by atoms with Crippen LogP contribution in [0.4, 0.5) is 16.2 Å². The summed E-state index contributed by atoms with van der Waals surface area (Å²) in [5.41, 5.74) is 1.76. The summed E-state index contributed by atoms with van der Waals surface area (Å²) >= 11 is 11.8. The lowest BCUT2D eigenvalue weighted by Gasteiger charge is -2.08. The van der Waals surface area contributed by atoms with Gasteiger partial charge in [0.15, 0.2) is 0 Å². The predicted molar refractivity (Wildman–Crippen MR) is 107 cm³/mol. The molecule has 6 nitrogen and oxygen atoms in total. The Hall–Kier alpha value is -2.54. The molecule has 0 saturated heterocycles. The summed E-state index contributed by atoms with van der Waals surface area (Å²) in [6, 6.07) is 11.8. The van der Waals surface area contributed by atoms with Gasteiger partial charge in [0.25, 0.3) is 0 Å². The Morgan fingerprint density at radius 3 is 2.44 bits per heavy atom. The van der Waals surface area contributed by atoms with Gasteiger partial charge in [-0.2, -0.15) is 0 Å². The number of carbonyl (C=O) groups is 2. The molecule has 0 atom stereocenters. The Bertz CT molecular complexity index is 840. The molecule has 0 aliphatic heterocycles. The summed E-state index contributed by atoms with van der Waals surface area (Å²) in [6.07, 6.45) is 2.39. The Kier molecular flexibility index (Phi) is 8.13. The molecule has 27 heavy (non-hydrogen) atoms. The Morgan fingerprint density at radius 1 is 1.00 bits per heavy atom. The largest absolute Gasteiger partial charge is 0.447 e. The van der Waals surface area contributed by atoms with Crippen molar-refractivity contribution in [2.45, 2.75) is 0 Å². The molecule has 0 aliphatic rings. The molecule has 0 fully saturated rings. The number of hydrogen-bond acceptors (Lipinski definition) is 4. The van der Waals surface area contributed by atoms with E-state index in [1.165, 1.54) is 13.2 Å². The number of nitrogens with one attached hydrogen (secondary N) is 2. The SMILES string of the molecule is COCCOC(=O)Nc1cccc(NC(=O)C=Cc2ccc(Cl)c(Cl)c2)c1. The first-order valence-electron chi connectivity index (χ1n) is 7.95. The molecule has 0 spiro atoms. The highest BCUT2D eigenvalue weighted by molar-refractivity contribution is 6.42. The minimum atomic E-state index is -0.602. The standard InChI is InChI=1S/C19H18Cl2N2O4/c1-26-9-10-27-19(25)23-15-4-2-3-14(12-15)22-18(24)8-6-13-5-7-16(20)17(21)11-13/h2-8,11-12H,9-10H2,1H3,(H,22,24)(H,23,25). The second-order valence-corrected chi connectivity index (χ2v) is 6.15. The number of methoxy groups -OCH3 is 1. The van der Waals surface area contributed by atoms with Crippen LogP contribution in [0.15, 0.2) is 48.5 Å². The maximum absolute atomic E-state index is 12.1. The fraction of sp³-hybridized carbons (Fsp3) is 0.158. The van der Waals surface area contributed by atoms with Crippen LogP contribution in [0.5, 0.6) is 0 Å². The molecule has 2 rings (SSSR count). The third-order valence-corrected chi connectivity index (χ3v) is 4.01. The zero-order valence-corrected chi connectivity index (χ0v) is 16.0. The lowest BCUT2D eigenvalue weighted by molar-refractivity contribution is -0.111. The summed E-state index contributed by atoms with van der Waals surface area (Å²) < 4.78 is 9.72. The number of hydrogen-bond donors (Lipinski definition) is 2. The van der Waals surface area contributed by atoms with Crippen molar-refractivity contribution in [3.8, 4) is 0 Å². The topological polar surface area (TPSA) is 76.7 Å². The van der Waals surface area contributed by atoms with Gasteiger partial charge in [0.05, 0.1) is 16.7 Å². The van der Waals surface area contributed by atoms with Crippen molar-refractivity contribution in [2.24, 2.45) is 0 Å². The summed E-state index contributed by atoms with van der Waals surface area (Å²) in [5.74, 6) is -0.333. The van der Waals surface area contributed by atoms with Gasteiger partial charge in [0.2, 0.25) is 5.91 Å². The highest BCUT2D eigenvalue weighted by atomic mass is 35.5. The number of amides is 2. The van der Waals surface area contributed by atoms with Gasteiger partial charge in [0.1, 0.15) is 6.61 Å². The number of halogens is 2. The van der Waals surface area contributed by atoms with Crippen LogP contribution in [0, 0.1) is 0 Å². The molecular formula is C19H18Cl2N2O4. The summed E-state index contributed by atoms with van der Waals surface area (Å²) in [7, 11) is 1.52. The van der Waals surface area contributed by atoms with E-state index in [4.69, 9.17) is 32.7 Å². The van der Waals surface area contributed by atoms with Crippen molar-refractivity contribution >= 4 is 52.7 Å². The zero-order chi connectivity index (χ0) is 19.6. The minimum absolute atomic E-state index is 0.151. The van der Waals surface area contributed by atoms with Gasteiger partial charge >= 0.3 is 6.09 Å². The second kappa shape index (κ2) is 10.6. The van der Waals surface area contributed by atoms with Gasteiger partial charge in [-0.25, -0.2) is 4.79 Å². The second-order valence-electron chi connectivity index (χ2n) is 5.33. The third-order valence-electron chi connectivity index (χ3n) is 3.27. The fourth-order valence-electron chi connectivity index (χ4n) is 2.02. The van der Waals surface area contributed by atoms with Gasteiger partial charge in [-0.05, 0) is 42.0 Å². The molecule has 2 amide bonds. The number of benzene rings is 2. The van der Waals surface area contributed by atoms with E-state index < -0.39 is 6.09 Å². The van der Waals surface area contributed by atoms with Crippen LogP contribution >= 0.6 is 23.2 Å². The van der Waals surface area contributed by atoms with Crippen LogP contribution in [0.1, 0.15) is 5.56 Å². The smallest absolute Gasteiger partial charge is 0.411 e. The maximum Gasteiger partial charge on any atom is 0.411 e. The van der Waals surface area contributed by atoms with Gasteiger partial charge in [-0.3, -0.25) is 10.1 Å². The van der Waals surface area contributed by atoms with E-state index in [-0.39, 0.29) is 12.5 Å². The monoisotopic (exact) mass is 408 g/mol. The van der Waals surface area contributed by atoms with Crippen molar-refractivity contribution in [1.82, 2.24) is 0 Å². The average Bonchev–Trinajstić information content (AvgIpc) is 2.63. The van der Waals surface area contributed by atoms with E-state index in [1.54, 1.807) is 48.5 Å². The van der Waals surface area contributed by atoms with Gasteiger partial charge in [-0.1, -0.05) is 35.3 Å². The normalized spacial score (nSPS) is 10.6. The molecule has 142 valence electrons. The van der Waals surface area contributed by atoms with Crippen LogP contribution in [0.25, 0.3) is 6.08 Å². The van der Waals surface area contributed by atoms with Crippen LogP contribution in [0.2, 0.25) is 10.0 Å². The van der Waals surface area contributed by atoms with E-state index in [1.807, 2.05) is 0 Å². The van der Waals surface area contributed by atoms with E-state index in [2.05, 4.69) is 10.6 Å². The lowest BCUT2D eigenvalue weighted by atomic mass is 10.2. The van der Waals surface area contributed by atoms with Crippen molar-refractivity contribution in [3.63, 3.8) is 0 Å². The van der Waals surface area contributed by atoms with Crippen LogP contribution in [-0.4, -0.2) is 32.3 Å². The van der Waals surface area contributed by atoms with Crippen molar-refractivity contribution in [3.05, 3.63) is 64.1 Å². The molecule has 8 heteroatoms. The van der Waals surface area contributed by atoms with Gasteiger partial charge in [0, 0.05) is 24.6 Å². The Morgan fingerprint density at radius 2 is 1.74 bits per heavy atom. The van der Waals surface area contributed by atoms with Crippen LogP contribution < -0.4 is 10.6 Å². The first-order chi connectivity index (χ1) is 13.0. The molecule has 0 radical (unpaired) electrons. The Labute approximate surface area is 167 Å². The Balaban J connectivity index is 1.92. The third kappa shape index (κ3) is 7.30. The van der Waals surface area contributed by atoms with E-state index in [9.17, 15) is 9.59 Å². The highest BCUT2D eigenvalue weighted by Gasteiger charge is 2.05. The van der Waals surface area contributed by atoms with Crippen molar-refractivity contribution in [1.29, 1.82) is 0 Å². The van der Waals surface area contributed by atoms with E-state index in [0.717, 1.165) is 5.56 Å². The summed E-state index contributed by atoms with van der Waals surface area (Å²) in [6.45, 7) is 0.465. The number of rotatable bonds is 7. The summed E-state index contributed by atoms with van der Waals surface area (Å²) in [4.78, 5) is 23.7. The molecular weight excluding hydrogens is 391 g/mol. The number of anilines is 2. The molecule has 0 aliphatic carbocycles. The van der Waals surface area contributed by atoms with Gasteiger partial charge < -0.3 is 14.8 Å². The van der Waals surface area contributed by atoms with Gasteiger partial charge in [-0.15, -0.1) is 0 Å². The minimum Gasteiger partial charge on any atom is -0.447 e.